The monoisotopic (exact) mass is 194 g/mol. The van der Waals surface area contributed by atoms with Gasteiger partial charge in [0.2, 0.25) is 0 Å². The van der Waals surface area contributed by atoms with Gasteiger partial charge >= 0.3 is 0 Å². The molecule has 0 saturated carbocycles. The van der Waals surface area contributed by atoms with Crippen LogP contribution in [-0.2, 0) is 0 Å². The highest BCUT2D eigenvalue weighted by Crippen LogP contribution is 2.42. The Bertz CT molecular complexity index is 238. The zero-order valence-electron chi connectivity index (χ0n) is 9.59. The number of hydrogen-bond donors (Lipinski definition) is 1. The summed E-state index contributed by atoms with van der Waals surface area (Å²) in [6, 6.07) is 0. The summed E-state index contributed by atoms with van der Waals surface area (Å²) < 4.78 is 0. The minimum absolute atomic E-state index is 0.178. The van der Waals surface area contributed by atoms with Crippen LogP contribution in [0.1, 0.15) is 40.0 Å². The van der Waals surface area contributed by atoms with Crippen LogP contribution in [0.25, 0.3) is 0 Å². The summed E-state index contributed by atoms with van der Waals surface area (Å²) in [6.45, 7) is 10.6. The predicted molar refractivity (Wildman–Crippen MR) is 61.1 cm³/mol. The molecule has 0 aromatic carbocycles. The van der Waals surface area contributed by atoms with Crippen LogP contribution in [-0.4, -0.2) is 11.2 Å². The molecule has 0 amide bonds. The van der Waals surface area contributed by atoms with Crippen molar-refractivity contribution in [2.75, 3.05) is 0 Å². The lowest BCUT2D eigenvalue weighted by molar-refractivity contribution is 0.107. The molecule has 1 aliphatic carbocycles. The van der Waals surface area contributed by atoms with E-state index in [1.807, 2.05) is 6.92 Å². The van der Waals surface area contributed by atoms with Crippen molar-refractivity contribution in [1.29, 1.82) is 0 Å². The molecule has 0 aliphatic heterocycles. The molecule has 0 saturated heterocycles. The molecule has 0 heterocycles. The van der Waals surface area contributed by atoms with Gasteiger partial charge in [-0.3, -0.25) is 0 Å². The van der Waals surface area contributed by atoms with Gasteiger partial charge in [-0.25, -0.2) is 0 Å². The first-order valence-corrected chi connectivity index (χ1v) is 5.50. The first-order chi connectivity index (χ1) is 6.47. The van der Waals surface area contributed by atoms with Crippen molar-refractivity contribution in [3.05, 3.63) is 24.3 Å². The van der Waals surface area contributed by atoms with Crippen molar-refractivity contribution in [3.63, 3.8) is 0 Å². The Hall–Kier alpha value is -0.560. The summed E-state index contributed by atoms with van der Waals surface area (Å²) in [6.07, 6.45) is 6.90. The molecule has 0 bridgehead atoms. The SMILES string of the molecule is C=C1C=CCC(C)(C)C1CC(O)CC. The minimum atomic E-state index is -0.178. The Morgan fingerprint density at radius 1 is 1.64 bits per heavy atom. The number of hydrogen-bond acceptors (Lipinski definition) is 1. The van der Waals surface area contributed by atoms with Crippen LogP contribution in [0.4, 0.5) is 0 Å². The Morgan fingerprint density at radius 2 is 2.29 bits per heavy atom. The van der Waals surface area contributed by atoms with Crippen molar-refractivity contribution in [3.8, 4) is 0 Å². The largest absolute Gasteiger partial charge is 0.393 e. The van der Waals surface area contributed by atoms with Crippen LogP contribution in [0.2, 0.25) is 0 Å². The molecule has 80 valence electrons. The zero-order valence-corrected chi connectivity index (χ0v) is 9.59. The Labute approximate surface area is 87.5 Å². The van der Waals surface area contributed by atoms with Gasteiger partial charge in [-0.05, 0) is 30.6 Å². The lowest BCUT2D eigenvalue weighted by Crippen LogP contribution is -2.30. The van der Waals surface area contributed by atoms with Gasteiger partial charge in [-0.1, -0.05) is 45.1 Å². The first-order valence-electron chi connectivity index (χ1n) is 5.50. The van der Waals surface area contributed by atoms with Gasteiger partial charge < -0.3 is 5.11 Å². The molecule has 2 unspecified atom stereocenters. The van der Waals surface area contributed by atoms with Gasteiger partial charge in [0.1, 0.15) is 0 Å². The maximum atomic E-state index is 9.69. The topological polar surface area (TPSA) is 20.2 Å². The Kier molecular flexibility index (Phi) is 3.54. The van der Waals surface area contributed by atoms with E-state index < -0.39 is 0 Å². The Morgan fingerprint density at radius 3 is 2.79 bits per heavy atom. The maximum absolute atomic E-state index is 9.69. The molecular weight excluding hydrogens is 172 g/mol. The summed E-state index contributed by atoms with van der Waals surface area (Å²) in [7, 11) is 0. The number of aliphatic hydroxyl groups is 1. The lowest BCUT2D eigenvalue weighted by atomic mass is 9.67. The van der Waals surface area contributed by atoms with Crippen molar-refractivity contribution < 1.29 is 5.11 Å². The van der Waals surface area contributed by atoms with Gasteiger partial charge in [0.25, 0.3) is 0 Å². The van der Waals surface area contributed by atoms with Gasteiger partial charge in [0.15, 0.2) is 0 Å². The van der Waals surface area contributed by atoms with Crippen molar-refractivity contribution >= 4 is 0 Å². The van der Waals surface area contributed by atoms with E-state index in [4.69, 9.17) is 0 Å². The zero-order chi connectivity index (χ0) is 10.8. The van der Waals surface area contributed by atoms with E-state index in [-0.39, 0.29) is 11.5 Å². The maximum Gasteiger partial charge on any atom is 0.0543 e. The van der Waals surface area contributed by atoms with Crippen LogP contribution in [0, 0.1) is 11.3 Å². The summed E-state index contributed by atoms with van der Waals surface area (Å²) in [5, 5.41) is 9.69. The summed E-state index contributed by atoms with van der Waals surface area (Å²) in [5.74, 6) is 0.433. The van der Waals surface area contributed by atoms with E-state index in [9.17, 15) is 5.11 Å². The lowest BCUT2D eigenvalue weighted by Gasteiger charge is -2.38. The van der Waals surface area contributed by atoms with Crippen LogP contribution in [0.5, 0.6) is 0 Å². The molecule has 1 rings (SSSR count). The molecule has 0 aromatic rings. The smallest absolute Gasteiger partial charge is 0.0543 e. The number of allylic oxidation sites excluding steroid dienone is 3. The van der Waals surface area contributed by atoms with Crippen LogP contribution < -0.4 is 0 Å². The van der Waals surface area contributed by atoms with E-state index in [1.165, 1.54) is 5.57 Å². The van der Waals surface area contributed by atoms with E-state index in [1.54, 1.807) is 0 Å². The summed E-state index contributed by atoms with van der Waals surface area (Å²) in [4.78, 5) is 0. The normalized spacial score (nSPS) is 27.7. The highest BCUT2D eigenvalue weighted by atomic mass is 16.3. The second kappa shape index (κ2) is 4.31. The van der Waals surface area contributed by atoms with Gasteiger partial charge in [0.05, 0.1) is 6.10 Å². The van der Waals surface area contributed by atoms with Crippen molar-refractivity contribution in [2.24, 2.45) is 11.3 Å². The molecule has 1 heteroatoms. The van der Waals surface area contributed by atoms with E-state index in [0.717, 1.165) is 19.3 Å². The third-order valence-corrected chi connectivity index (χ3v) is 3.35. The minimum Gasteiger partial charge on any atom is -0.393 e. The van der Waals surface area contributed by atoms with E-state index >= 15 is 0 Å². The van der Waals surface area contributed by atoms with Crippen molar-refractivity contribution in [2.45, 2.75) is 46.1 Å². The van der Waals surface area contributed by atoms with Crippen LogP contribution in [0.3, 0.4) is 0 Å². The number of aliphatic hydroxyl groups excluding tert-OH is 1. The fraction of sp³-hybridized carbons (Fsp3) is 0.692. The molecule has 0 spiro atoms. The molecule has 14 heavy (non-hydrogen) atoms. The second-order valence-electron chi connectivity index (χ2n) is 5.02. The van der Waals surface area contributed by atoms with Crippen LogP contribution >= 0.6 is 0 Å². The molecule has 1 N–H and O–H groups in total. The van der Waals surface area contributed by atoms with Crippen molar-refractivity contribution in [1.82, 2.24) is 0 Å². The standard InChI is InChI=1S/C13H22O/c1-5-11(14)9-12-10(2)7-6-8-13(12,3)4/h6-7,11-12,14H,2,5,8-9H2,1,3-4H3. The third-order valence-electron chi connectivity index (χ3n) is 3.35. The summed E-state index contributed by atoms with van der Waals surface area (Å²) in [5.41, 5.74) is 1.43. The molecule has 2 atom stereocenters. The van der Waals surface area contributed by atoms with Gasteiger partial charge in [-0.2, -0.15) is 0 Å². The van der Waals surface area contributed by atoms with Gasteiger partial charge in [0, 0.05) is 0 Å². The second-order valence-corrected chi connectivity index (χ2v) is 5.02. The fourth-order valence-corrected chi connectivity index (χ4v) is 2.18. The molecule has 0 fully saturated rings. The van der Waals surface area contributed by atoms with Crippen LogP contribution in [0.15, 0.2) is 24.3 Å². The molecule has 0 radical (unpaired) electrons. The predicted octanol–water partition coefficient (Wildman–Crippen LogP) is 3.31. The molecule has 1 aliphatic rings. The first kappa shape index (κ1) is 11.5. The quantitative estimate of drug-likeness (QED) is 0.731. The highest BCUT2D eigenvalue weighted by molar-refractivity contribution is 5.24. The average Bonchev–Trinajstić information content (AvgIpc) is 2.11. The van der Waals surface area contributed by atoms with Gasteiger partial charge in [-0.15, -0.1) is 0 Å². The molecule has 0 aromatic heterocycles. The Balaban J connectivity index is 2.73. The number of rotatable bonds is 3. The molecule has 1 nitrogen and oxygen atoms in total. The van der Waals surface area contributed by atoms with E-state index in [2.05, 4.69) is 32.6 Å². The fourth-order valence-electron chi connectivity index (χ4n) is 2.18. The highest BCUT2D eigenvalue weighted by Gasteiger charge is 2.33. The van der Waals surface area contributed by atoms with E-state index in [0.29, 0.717) is 5.92 Å². The third kappa shape index (κ3) is 2.48. The summed E-state index contributed by atoms with van der Waals surface area (Å²) >= 11 is 0. The molecular formula is C13H22O. The average molecular weight is 194 g/mol.